The summed E-state index contributed by atoms with van der Waals surface area (Å²) in [5.41, 5.74) is 2.62. The lowest BCUT2D eigenvalue weighted by molar-refractivity contribution is 0.367. The smallest absolute Gasteiger partial charge is 0.151 e. The highest BCUT2D eigenvalue weighted by atomic mass is 35.5. The maximum absolute atomic E-state index is 10.4. The Kier molecular flexibility index (Phi) is 7.78. The Morgan fingerprint density at radius 2 is 1.97 bits per heavy atom. The Bertz CT molecular complexity index is 903. The first-order chi connectivity index (χ1) is 13.1. The van der Waals surface area contributed by atoms with Gasteiger partial charge in [0.25, 0.3) is 0 Å². The van der Waals surface area contributed by atoms with Crippen molar-refractivity contribution in [2.45, 2.75) is 19.9 Å². The maximum Gasteiger partial charge on any atom is 0.151 e. The van der Waals surface area contributed by atoms with Crippen LogP contribution in [-0.4, -0.2) is 56.2 Å². The molecule has 10 heteroatoms. The van der Waals surface area contributed by atoms with Gasteiger partial charge in [0.1, 0.15) is 17.1 Å². The average molecular weight is 438 g/mol. The third kappa shape index (κ3) is 4.95. The number of aromatic hydroxyl groups is 1. The molecular weight excluding hydrogens is 413 g/mol. The van der Waals surface area contributed by atoms with Gasteiger partial charge in [-0.3, -0.25) is 5.10 Å². The molecule has 1 aliphatic heterocycles. The Balaban J connectivity index is 0.00000150. The molecule has 29 heavy (non-hydrogen) atoms. The summed E-state index contributed by atoms with van der Waals surface area (Å²) >= 11 is 0. The number of H-pyrrole nitrogens is 1. The third-order valence-electron chi connectivity index (χ3n) is 4.93. The molecule has 3 aromatic heterocycles. The number of aromatic nitrogens is 5. The van der Waals surface area contributed by atoms with Crippen LogP contribution in [0.1, 0.15) is 13.8 Å². The molecule has 0 radical (unpaired) electrons. The lowest BCUT2D eigenvalue weighted by atomic mass is 10.0. The summed E-state index contributed by atoms with van der Waals surface area (Å²) in [5, 5.41) is 29.2. The first-order valence-electron chi connectivity index (χ1n) is 9.12. The summed E-state index contributed by atoms with van der Waals surface area (Å²) in [6.45, 7) is 7.19. The van der Waals surface area contributed by atoms with Crippen molar-refractivity contribution in [3.8, 4) is 28.3 Å². The maximum atomic E-state index is 10.4. The Hall–Kier alpha value is -2.42. The Morgan fingerprint density at radius 1 is 1.14 bits per heavy atom. The third-order valence-corrected chi connectivity index (χ3v) is 4.93. The standard InChI is InChI=1S/C19H23N7O.2ClH/c1-12(2)16-11-26(6-5-20-16)18-4-3-15(24-25-18)19-17(27)7-13(8-21-19)14-9-22-23-10-14;;/h3-4,7-10,12,16,20,27H,5-6,11H2,1-2H3,(H,22,23);2*1H/t16-;;/m1../s1. The number of anilines is 1. The number of piperazine rings is 1. The van der Waals surface area contributed by atoms with Crippen LogP contribution in [0.25, 0.3) is 22.5 Å². The number of halogens is 2. The van der Waals surface area contributed by atoms with Crippen LogP contribution in [0.4, 0.5) is 5.82 Å². The molecule has 8 nitrogen and oxygen atoms in total. The van der Waals surface area contributed by atoms with Crippen molar-refractivity contribution < 1.29 is 5.11 Å². The quantitative estimate of drug-likeness (QED) is 0.576. The van der Waals surface area contributed by atoms with Crippen molar-refractivity contribution in [1.29, 1.82) is 0 Å². The molecule has 4 heterocycles. The normalized spacial score (nSPS) is 16.2. The molecule has 1 fully saturated rings. The summed E-state index contributed by atoms with van der Waals surface area (Å²) in [4.78, 5) is 6.61. The van der Waals surface area contributed by atoms with E-state index in [0.717, 1.165) is 36.6 Å². The zero-order chi connectivity index (χ0) is 18.8. The van der Waals surface area contributed by atoms with Crippen molar-refractivity contribution in [2.75, 3.05) is 24.5 Å². The van der Waals surface area contributed by atoms with Gasteiger partial charge in [0.15, 0.2) is 5.82 Å². The van der Waals surface area contributed by atoms with Gasteiger partial charge in [-0.05, 0) is 24.1 Å². The summed E-state index contributed by atoms with van der Waals surface area (Å²) in [6.07, 6.45) is 5.13. The van der Waals surface area contributed by atoms with Crippen molar-refractivity contribution >= 4 is 30.6 Å². The SMILES string of the molecule is CC(C)[C@H]1CN(c2ccc(-c3ncc(-c4cn[nH]c4)cc3O)nn2)CCN1.Cl.Cl. The first kappa shape index (κ1) is 22.9. The summed E-state index contributed by atoms with van der Waals surface area (Å²) in [5.74, 6) is 1.48. The number of rotatable bonds is 4. The second kappa shape index (κ2) is 9.87. The van der Waals surface area contributed by atoms with Crippen molar-refractivity contribution in [2.24, 2.45) is 5.92 Å². The van der Waals surface area contributed by atoms with E-state index >= 15 is 0 Å². The number of aromatic amines is 1. The number of pyridine rings is 1. The minimum atomic E-state index is 0. The molecule has 0 saturated carbocycles. The van der Waals surface area contributed by atoms with E-state index in [2.05, 4.69) is 49.4 Å². The lowest BCUT2D eigenvalue weighted by Gasteiger charge is -2.36. The van der Waals surface area contributed by atoms with E-state index < -0.39 is 0 Å². The van der Waals surface area contributed by atoms with Gasteiger partial charge in [-0.25, -0.2) is 4.98 Å². The van der Waals surface area contributed by atoms with Crippen molar-refractivity contribution in [3.05, 3.63) is 36.8 Å². The van der Waals surface area contributed by atoms with E-state index in [-0.39, 0.29) is 30.6 Å². The van der Waals surface area contributed by atoms with E-state index in [4.69, 9.17) is 0 Å². The Labute approximate surface area is 182 Å². The van der Waals surface area contributed by atoms with Gasteiger partial charge in [-0.1, -0.05) is 13.8 Å². The molecule has 0 spiro atoms. The molecule has 1 saturated heterocycles. The highest BCUT2D eigenvalue weighted by Gasteiger charge is 2.23. The second-order valence-corrected chi connectivity index (χ2v) is 7.11. The van der Waals surface area contributed by atoms with E-state index in [1.54, 1.807) is 24.7 Å². The van der Waals surface area contributed by atoms with Crippen LogP contribution in [-0.2, 0) is 0 Å². The molecule has 0 aliphatic carbocycles. The number of nitrogens with one attached hydrogen (secondary N) is 2. The predicted octanol–water partition coefficient (Wildman–Crippen LogP) is 2.91. The lowest BCUT2D eigenvalue weighted by Crippen LogP contribution is -2.53. The highest BCUT2D eigenvalue weighted by molar-refractivity contribution is 5.85. The predicted molar refractivity (Wildman–Crippen MR) is 118 cm³/mol. The van der Waals surface area contributed by atoms with Crippen LogP contribution in [0, 0.1) is 5.92 Å². The number of hydrogen-bond acceptors (Lipinski definition) is 7. The van der Waals surface area contributed by atoms with E-state index in [9.17, 15) is 5.11 Å². The molecule has 0 aromatic carbocycles. The van der Waals surface area contributed by atoms with Crippen LogP contribution in [0.2, 0.25) is 0 Å². The molecule has 3 N–H and O–H groups in total. The van der Waals surface area contributed by atoms with Crippen LogP contribution in [0.3, 0.4) is 0 Å². The number of nitrogens with zero attached hydrogens (tertiary/aromatic N) is 5. The fraction of sp³-hybridized carbons (Fsp3) is 0.368. The molecular formula is C19H25Cl2N7O. The molecule has 0 bridgehead atoms. The highest BCUT2D eigenvalue weighted by Crippen LogP contribution is 2.30. The zero-order valence-corrected chi connectivity index (χ0v) is 17.9. The van der Waals surface area contributed by atoms with Gasteiger partial charge in [-0.15, -0.1) is 35.0 Å². The summed E-state index contributed by atoms with van der Waals surface area (Å²) in [6, 6.07) is 5.90. The molecule has 156 valence electrons. The zero-order valence-electron chi connectivity index (χ0n) is 16.2. The molecule has 0 amide bonds. The van der Waals surface area contributed by atoms with Gasteiger partial charge >= 0.3 is 0 Å². The molecule has 4 rings (SSSR count). The van der Waals surface area contributed by atoms with Crippen molar-refractivity contribution in [3.63, 3.8) is 0 Å². The monoisotopic (exact) mass is 437 g/mol. The van der Waals surface area contributed by atoms with E-state index in [1.165, 1.54) is 0 Å². The van der Waals surface area contributed by atoms with Gasteiger partial charge in [-0.2, -0.15) is 5.10 Å². The van der Waals surface area contributed by atoms with E-state index in [0.29, 0.717) is 23.3 Å². The van der Waals surface area contributed by atoms with Crippen LogP contribution >= 0.6 is 24.8 Å². The average Bonchev–Trinajstić information content (AvgIpc) is 3.23. The largest absolute Gasteiger partial charge is 0.506 e. The minimum absolute atomic E-state index is 0. The van der Waals surface area contributed by atoms with Gasteiger partial charge in [0.05, 0.1) is 6.20 Å². The summed E-state index contributed by atoms with van der Waals surface area (Å²) in [7, 11) is 0. The first-order valence-corrected chi connectivity index (χ1v) is 9.12. The van der Waals surface area contributed by atoms with E-state index in [1.807, 2.05) is 12.1 Å². The summed E-state index contributed by atoms with van der Waals surface area (Å²) < 4.78 is 0. The Morgan fingerprint density at radius 3 is 2.59 bits per heavy atom. The van der Waals surface area contributed by atoms with Crippen molar-refractivity contribution in [1.82, 2.24) is 30.7 Å². The van der Waals surface area contributed by atoms with Crippen LogP contribution < -0.4 is 10.2 Å². The molecule has 0 unspecified atom stereocenters. The fourth-order valence-electron chi connectivity index (χ4n) is 3.27. The minimum Gasteiger partial charge on any atom is -0.506 e. The van der Waals surface area contributed by atoms with Gasteiger partial charge in [0.2, 0.25) is 0 Å². The van der Waals surface area contributed by atoms with Crippen LogP contribution in [0.15, 0.2) is 36.8 Å². The van der Waals surface area contributed by atoms with Gasteiger partial charge < -0.3 is 15.3 Å². The van der Waals surface area contributed by atoms with Crippen LogP contribution in [0.5, 0.6) is 5.75 Å². The second-order valence-electron chi connectivity index (χ2n) is 7.11. The topological polar surface area (TPSA) is 103 Å². The number of hydrogen-bond donors (Lipinski definition) is 3. The van der Waals surface area contributed by atoms with Gasteiger partial charge in [0, 0.05) is 49.2 Å². The molecule has 3 aromatic rings. The molecule has 1 aliphatic rings. The fourth-order valence-corrected chi connectivity index (χ4v) is 3.27. The molecule has 1 atom stereocenters.